The number of nitrogens with one attached hydrogen (secondary N) is 1. The van der Waals surface area contributed by atoms with Crippen LogP contribution in [0.1, 0.15) is 26.2 Å². The van der Waals surface area contributed by atoms with Gasteiger partial charge in [-0.1, -0.05) is 19.1 Å². The molecule has 1 saturated heterocycles. The van der Waals surface area contributed by atoms with Gasteiger partial charge in [-0.2, -0.15) is 0 Å². The summed E-state index contributed by atoms with van der Waals surface area (Å²) < 4.78 is 5.39. The fourth-order valence-corrected chi connectivity index (χ4v) is 3.52. The van der Waals surface area contributed by atoms with Crippen molar-refractivity contribution >= 4 is 17.3 Å². The zero-order valence-corrected chi connectivity index (χ0v) is 15.1. The van der Waals surface area contributed by atoms with Crippen LogP contribution in [0.3, 0.4) is 0 Å². The van der Waals surface area contributed by atoms with E-state index in [1.807, 2.05) is 12.1 Å². The highest BCUT2D eigenvalue weighted by molar-refractivity contribution is 5.92. The van der Waals surface area contributed by atoms with Crippen molar-refractivity contribution in [1.29, 1.82) is 0 Å². The number of likely N-dealkylation sites (N-methyl/N-ethyl adjacent to an activating group) is 1. The number of anilines is 2. The molecule has 1 aromatic carbocycles. The Labute approximate surface area is 150 Å². The van der Waals surface area contributed by atoms with Crippen LogP contribution in [0, 0.1) is 0 Å². The molecular weight excluding hydrogens is 314 g/mol. The summed E-state index contributed by atoms with van der Waals surface area (Å²) in [6, 6.07) is 8.51. The van der Waals surface area contributed by atoms with E-state index < -0.39 is 0 Å². The van der Waals surface area contributed by atoms with E-state index in [0.717, 1.165) is 51.4 Å². The van der Waals surface area contributed by atoms with Gasteiger partial charge >= 0.3 is 0 Å². The number of nitrogens with zero attached hydrogens (tertiary/aromatic N) is 2. The highest BCUT2D eigenvalue weighted by atomic mass is 16.5. The first kappa shape index (κ1) is 18.0. The van der Waals surface area contributed by atoms with Gasteiger partial charge in [-0.25, -0.2) is 0 Å². The monoisotopic (exact) mass is 343 g/mol. The average molecular weight is 343 g/mol. The third kappa shape index (κ3) is 5.06. The third-order valence-corrected chi connectivity index (χ3v) is 4.98. The number of carbonyl (C=O) groups is 1. The molecule has 1 aromatic rings. The molecule has 1 heterocycles. The Morgan fingerprint density at radius 1 is 1.28 bits per heavy atom. The maximum atomic E-state index is 12.4. The Hall–Kier alpha value is -1.85. The van der Waals surface area contributed by atoms with Gasteiger partial charge in [0.1, 0.15) is 0 Å². The van der Waals surface area contributed by atoms with Gasteiger partial charge in [-0.3, -0.25) is 9.69 Å². The molecule has 1 amide bonds. The van der Waals surface area contributed by atoms with E-state index in [0.29, 0.717) is 12.6 Å². The summed E-state index contributed by atoms with van der Waals surface area (Å²) in [6.07, 6.45) is 8.00. The van der Waals surface area contributed by atoms with Crippen molar-refractivity contribution in [3.8, 4) is 0 Å². The lowest BCUT2D eigenvalue weighted by atomic mass is 10.0. The van der Waals surface area contributed by atoms with Crippen molar-refractivity contribution in [3.63, 3.8) is 0 Å². The topological polar surface area (TPSA) is 44.8 Å². The summed E-state index contributed by atoms with van der Waals surface area (Å²) >= 11 is 0. The molecule has 1 atom stereocenters. The van der Waals surface area contributed by atoms with E-state index in [1.165, 1.54) is 12.1 Å². The zero-order valence-electron chi connectivity index (χ0n) is 15.1. The molecule has 1 N–H and O–H groups in total. The molecule has 5 heteroatoms. The molecule has 136 valence electrons. The number of benzene rings is 1. The van der Waals surface area contributed by atoms with Gasteiger partial charge < -0.3 is 15.0 Å². The number of hydrogen-bond donors (Lipinski definition) is 1. The Balaban J connectivity index is 1.53. The van der Waals surface area contributed by atoms with Crippen molar-refractivity contribution in [3.05, 3.63) is 36.4 Å². The molecule has 1 aliphatic heterocycles. The van der Waals surface area contributed by atoms with Crippen LogP contribution in [0.5, 0.6) is 0 Å². The first-order chi connectivity index (χ1) is 12.3. The van der Waals surface area contributed by atoms with Crippen LogP contribution in [0.4, 0.5) is 11.4 Å². The number of allylic oxidation sites excluding steroid dienone is 1. The van der Waals surface area contributed by atoms with E-state index in [9.17, 15) is 4.79 Å². The van der Waals surface area contributed by atoms with E-state index >= 15 is 0 Å². The molecule has 0 spiro atoms. The van der Waals surface area contributed by atoms with Gasteiger partial charge in [0, 0.05) is 30.5 Å². The summed E-state index contributed by atoms with van der Waals surface area (Å²) in [5.41, 5.74) is 2.04. The molecule has 1 fully saturated rings. The van der Waals surface area contributed by atoms with Crippen LogP contribution >= 0.6 is 0 Å². The highest BCUT2D eigenvalue weighted by Crippen LogP contribution is 2.20. The quantitative estimate of drug-likeness (QED) is 0.807. The van der Waals surface area contributed by atoms with Crippen molar-refractivity contribution < 1.29 is 9.53 Å². The minimum atomic E-state index is 0.0555. The van der Waals surface area contributed by atoms with E-state index in [1.54, 1.807) is 0 Å². The van der Waals surface area contributed by atoms with Gasteiger partial charge in [0.05, 0.1) is 19.8 Å². The summed E-state index contributed by atoms with van der Waals surface area (Å²) in [6.45, 7) is 6.85. The second-order valence-corrected chi connectivity index (χ2v) is 6.68. The predicted molar refractivity (Wildman–Crippen MR) is 102 cm³/mol. The second-order valence-electron chi connectivity index (χ2n) is 6.68. The van der Waals surface area contributed by atoms with Gasteiger partial charge in [0.15, 0.2) is 0 Å². The maximum absolute atomic E-state index is 12.4. The maximum Gasteiger partial charge on any atom is 0.238 e. The van der Waals surface area contributed by atoms with Crippen LogP contribution in [-0.4, -0.2) is 56.2 Å². The molecular formula is C20H29N3O2. The first-order valence-electron chi connectivity index (χ1n) is 9.39. The Bertz CT molecular complexity index is 579. The van der Waals surface area contributed by atoms with Gasteiger partial charge in [0.25, 0.3) is 0 Å². The molecule has 5 nitrogen and oxygen atoms in total. The number of amides is 1. The molecule has 2 aliphatic rings. The molecule has 0 saturated carbocycles. The lowest BCUT2D eigenvalue weighted by Crippen LogP contribution is -2.40. The Morgan fingerprint density at radius 2 is 2.04 bits per heavy atom. The van der Waals surface area contributed by atoms with Crippen molar-refractivity contribution in [2.45, 2.75) is 32.2 Å². The normalized spacial score (nSPS) is 20.7. The molecule has 25 heavy (non-hydrogen) atoms. The van der Waals surface area contributed by atoms with Crippen LogP contribution in [0.15, 0.2) is 36.4 Å². The van der Waals surface area contributed by atoms with Crippen LogP contribution in [0.2, 0.25) is 0 Å². The molecule has 0 radical (unpaired) electrons. The standard InChI is InChI=1S/C20H29N3O2/c1-2-22(18-6-4-3-5-7-18)16-20(24)21-17-8-10-19(11-9-17)23-12-14-25-15-13-23/h4,6,8-11,18H,2-3,5,7,12-16H2,1H3,(H,21,24). The minimum Gasteiger partial charge on any atom is -0.378 e. The average Bonchev–Trinajstić information content (AvgIpc) is 2.68. The second kappa shape index (κ2) is 9.02. The van der Waals surface area contributed by atoms with Crippen LogP contribution in [0.25, 0.3) is 0 Å². The van der Waals surface area contributed by atoms with Gasteiger partial charge in [-0.15, -0.1) is 0 Å². The minimum absolute atomic E-state index is 0.0555. The number of ether oxygens (including phenoxy) is 1. The van der Waals surface area contributed by atoms with Crippen molar-refractivity contribution in [2.75, 3.05) is 49.6 Å². The number of morpholine rings is 1. The Morgan fingerprint density at radius 3 is 2.68 bits per heavy atom. The lowest BCUT2D eigenvalue weighted by molar-refractivity contribution is -0.117. The Kier molecular flexibility index (Phi) is 6.48. The number of hydrogen-bond acceptors (Lipinski definition) is 4. The fourth-order valence-electron chi connectivity index (χ4n) is 3.52. The molecule has 3 rings (SSSR count). The summed E-state index contributed by atoms with van der Waals surface area (Å²) in [5, 5.41) is 3.03. The predicted octanol–water partition coefficient (Wildman–Crippen LogP) is 2.89. The summed E-state index contributed by atoms with van der Waals surface area (Å²) in [4.78, 5) is 17.0. The zero-order chi connectivity index (χ0) is 17.5. The number of rotatable bonds is 6. The van der Waals surface area contributed by atoms with Crippen molar-refractivity contribution in [2.24, 2.45) is 0 Å². The molecule has 0 bridgehead atoms. The smallest absolute Gasteiger partial charge is 0.238 e. The highest BCUT2D eigenvalue weighted by Gasteiger charge is 2.19. The largest absolute Gasteiger partial charge is 0.378 e. The van der Waals surface area contributed by atoms with Crippen LogP contribution in [-0.2, 0) is 9.53 Å². The molecule has 1 unspecified atom stereocenters. The summed E-state index contributed by atoms with van der Waals surface area (Å²) in [7, 11) is 0. The van der Waals surface area contributed by atoms with E-state index in [2.05, 4.69) is 46.3 Å². The molecule has 1 aliphatic carbocycles. The fraction of sp³-hybridized carbons (Fsp3) is 0.550. The van der Waals surface area contributed by atoms with Gasteiger partial charge in [-0.05, 0) is 50.1 Å². The summed E-state index contributed by atoms with van der Waals surface area (Å²) in [5.74, 6) is 0.0555. The van der Waals surface area contributed by atoms with Gasteiger partial charge in [0.2, 0.25) is 5.91 Å². The third-order valence-electron chi connectivity index (χ3n) is 4.98. The van der Waals surface area contributed by atoms with E-state index in [4.69, 9.17) is 4.74 Å². The SMILES string of the molecule is CCN(CC(=O)Nc1ccc(N2CCOCC2)cc1)C1C=CCCC1. The first-order valence-corrected chi connectivity index (χ1v) is 9.39. The lowest BCUT2D eigenvalue weighted by Gasteiger charge is -2.30. The van der Waals surface area contributed by atoms with E-state index in [-0.39, 0.29) is 5.91 Å². The number of carbonyl (C=O) groups excluding carboxylic acids is 1. The molecule has 0 aromatic heterocycles. The van der Waals surface area contributed by atoms with Crippen LogP contribution < -0.4 is 10.2 Å². The van der Waals surface area contributed by atoms with Crippen molar-refractivity contribution in [1.82, 2.24) is 4.90 Å².